The lowest BCUT2D eigenvalue weighted by Crippen LogP contribution is -2.21. The maximum Gasteiger partial charge on any atom is 0.326 e. The van der Waals surface area contributed by atoms with Crippen LogP contribution >= 0.6 is 0 Å². The number of imidazole rings is 1. The topological polar surface area (TPSA) is 55.1 Å². The Labute approximate surface area is 83.6 Å². The van der Waals surface area contributed by atoms with Crippen LogP contribution in [0.2, 0.25) is 0 Å². The first-order valence-electron chi connectivity index (χ1n) is 4.74. The van der Waals surface area contributed by atoms with Gasteiger partial charge in [-0.25, -0.2) is 9.78 Å². The molecule has 0 fully saturated rings. The third-order valence-corrected chi connectivity index (χ3v) is 2.18. The molecule has 1 aromatic rings. The van der Waals surface area contributed by atoms with Crippen LogP contribution in [0.1, 0.15) is 32.1 Å². The normalized spacial score (nSPS) is 13.1. The molecule has 0 bridgehead atoms. The molecule has 0 saturated carbocycles. The number of aryl methyl sites for hydroxylation is 1. The summed E-state index contributed by atoms with van der Waals surface area (Å²) in [4.78, 5) is 15.1. The first-order valence-corrected chi connectivity index (χ1v) is 4.74. The average molecular weight is 196 g/mol. The molecule has 1 N–H and O–H groups in total. The third-order valence-electron chi connectivity index (χ3n) is 2.18. The highest BCUT2D eigenvalue weighted by Crippen LogP contribution is 2.19. The van der Waals surface area contributed by atoms with Gasteiger partial charge >= 0.3 is 5.97 Å². The second-order valence-corrected chi connectivity index (χ2v) is 3.87. The number of aliphatic carboxylic acids is 1. The van der Waals surface area contributed by atoms with E-state index in [1.165, 1.54) is 0 Å². The zero-order valence-corrected chi connectivity index (χ0v) is 8.77. The summed E-state index contributed by atoms with van der Waals surface area (Å²) in [6, 6.07) is -0.488. The van der Waals surface area contributed by atoms with Crippen molar-refractivity contribution in [2.24, 2.45) is 5.92 Å². The van der Waals surface area contributed by atoms with Crippen LogP contribution in [0.3, 0.4) is 0 Å². The number of rotatable bonds is 4. The van der Waals surface area contributed by atoms with E-state index in [9.17, 15) is 4.79 Å². The summed E-state index contributed by atoms with van der Waals surface area (Å²) in [6.45, 7) is 5.85. The van der Waals surface area contributed by atoms with E-state index in [4.69, 9.17) is 5.11 Å². The van der Waals surface area contributed by atoms with Crippen LogP contribution in [-0.2, 0) is 4.79 Å². The van der Waals surface area contributed by atoms with Gasteiger partial charge in [0.15, 0.2) is 0 Å². The van der Waals surface area contributed by atoms with Crippen molar-refractivity contribution in [3.05, 3.63) is 18.2 Å². The standard InChI is InChI=1S/C10H16N2O2/c1-7(2)6-9(10(13)14)12-5-4-11-8(12)3/h4-5,7,9H,6H2,1-3H3,(H,13,14). The molecule has 0 aromatic carbocycles. The molecule has 0 radical (unpaired) electrons. The number of hydrogen-bond donors (Lipinski definition) is 1. The van der Waals surface area contributed by atoms with Crippen LogP contribution in [0.4, 0.5) is 0 Å². The first-order chi connectivity index (χ1) is 6.52. The Morgan fingerprint density at radius 3 is 2.64 bits per heavy atom. The Morgan fingerprint density at radius 2 is 2.29 bits per heavy atom. The van der Waals surface area contributed by atoms with Gasteiger partial charge in [0.1, 0.15) is 11.9 Å². The molecule has 0 saturated heterocycles. The predicted octanol–water partition coefficient (Wildman–Crippen LogP) is 1.86. The molecule has 0 spiro atoms. The monoisotopic (exact) mass is 196 g/mol. The van der Waals surface area contributed by atoms with E-state index < -0.39 is 12.0 Å². The molecule has 0 aliphatic rings. The number of aromatic nitrogens is 2. The van der Waals surface area contributed by atoms with Gasteiger partial charge in [-0.3, -0.25) is 0 Å². The lowest BCUT2D eigenvalue weighted by molar-refractivity contribution is -0.141. The minimum atomic E-state index is -0.792. The minimum Gasteiger partial charge on any atom is -0.480 e. The quantitative estimate of drug-likeness (QED) is 0.799. The number of carboxylic acid groups (broad SMARTS) is 1. The van der Waals surface area contributed by atoms with Crippen LogP contribution in [0, 0.1) is 12.8 Å². The molecular formula is C10H16N2O2. The largest absolute Gasteiger partial charge is 0.480 e. The predicted molar refractivity (Wildman–Crippen MR) is 53.1 cm³/mol. The van der Waals surface area contributed by atoms with Gasteiger partial charge < -0.3 is 9.67 Å². The number of nitrogens with zero attached hydrogens (tertiary/aromatic N) is 2. The summed E-state index contributed by atoms with van der Waals surface area (Å²) in [5.41, 5.74) is 0. The SMILES string of the molecule is Cc1nccn1C(CC(C)C)C(=O)O. The molecule has 14 heavy (non-hydrogen) atoms. The Kier molecular flexibility index (Phi) is 3.28. The third kappa shape index (κ3) is 2.34. The van der Waals surface area contributed by atoms with Crippen molar-refractivity contribution in [1.29, 1.82) is 0 Å². The highest BCUT2D eigenvalue weighted by molar-refractivity contribution is 5.71. The lowest BCUT2D eigenvalue weighted by atomic mass is 10.0. The van der Waals surface area contributed by atoms with Crippen LogP contribution in [-0.4, -0.2) is 20.6 Å². The zero-order valence-electron chi connectivity index (χ0n) is 8.77. The van der Waals surface area contributed by atoms with E-state index in [0.717, 1.165) is 5.82 Å². The molecule has 1 atom stereocenters. The molecular weight excluding hydrogens is 180 g/mol. The van der Waals surface area contributed by atoms with Crippen LogP contribution in [0.25, 0.3) is 0 Å². The number of carboxylic acids is 1. The second kappa shape index (κ2) is 4.26. The molecule has 0 aliphatic carbocycles. The molecule has 0 aliphatic heterocycles. The van der Waals surface area contributed by atoms with Crippen molar-refractivity contribution in [3.8, 4) is 0 Å². The lowest BCUT2D eigenvalue weighted by Gasteiger charge is -2.17. The van der Waals surface area contributed by atoms with Gasteiger partial charge in [-0.2, -0.15) is 0 Å². The van der Waals surface area contributed by atoms with Crippen molar-refractivity contribution in [3.63, 3.8) is 0 Å². The molecule has 1 aromatic heterocycles. The van der Waals surface area contributed by atoms with E-state index in [0.29, 0.717) is 12.3 Å². The van der Waals surface area contributed by atoms with Crippen molar-refractivity contribution >= 4 is 5.97 Å². The summed E-state index contributed by atoms with van der Waals surface area (Å²) >= 11 is 0. The van der Waals surface area contributed by atoms with Gasteiger partial charge in [0.25, 0.3) is 0 Å². The fourth-order valence-electron chi connectivity index (χ4n) is 1.50. The van der Waals surface area contributed by atoms with Crippen LogP contribution < -0.4 is 0 Å². The smallest absolute Gasteiger partial charge is 0.326 e. The zero-order chi connectivity index (χ0) is 10.7. The molecule has 78 valence electrons. The summed E-state index contributed by atoms with van der Waals surface area (Å²) < 4.78 is 1.71. The van der Waals surface area contributed by atoms with E-state index in [1.54, 1.807) is 17.0 Å². The molecule has 1 heterocycles. The maximum absolute atomic E-state index is 11.0. The van der Waals surface area contributed by atoms with E-state index in [1.807, 2.05) is 20.8 Å². The Balaban J connectivity index is 2.89. The maximum atomic E-state index is 11.0. The van der Waals surface area contributed by atoms with Gasteiger partial charge in [-0.1, -0.05) is 13.8 Å². The highest BCUT2D eigenvalue weighted by Gasteiger charge is 2.21. The van der Waals surface area contributed by atoms with Gasteiger partial charge in [0.2, 0.25) is 0 Å². The van der Waals surface area contributed by atoms with Crippen molar-refractivity contribution in [1.82, 2.24) is 9.55 Å². The molecule has 4 heteroatoms. The van der Waals surface area contributed by atoms with Crippen LogP contribution in [0.15, 0.2) is 12.4 Å². The Hall–Kier alpha value is -1.32. The van der Waals surface area contributed by atoms with Crippen molar-refractivity contribution < 1.29 is 9.90 Å². The van der Waals surface area contributed by atoms with E-state index >= 15 is 0 Å². The average Bonchev–Trinajstić information content (AvgIpc) is 2.46. The van der Waals surface area contributed by atoms with Gasteiger partial charge in [-0.15, -0.1) is 0 Å². The Bertz CT molecular complexity index is 318. The first kappa shape index (κ1) is 10.8. The fraction of sp³-hybridized carbons (Fsp3) is 0.600. The summed E-state index contributed by atoms with van der Waals surface area (Å²) in [5.74, 6) is 0.316. The van der Waals surface area contributed by atoms with Crippen LogP contribution in [0.5, 0.6) is 0 Å². The summed E-state index contributed by atoms with van der Waals surface area (Å²) in [6.07, 6.45) is 3.98. The van der Waals surface area contributed by atoms with E-state index in [2.05, 4.69) is 4.98 Å². The molecule has 1 unspecified atom stereocenters. The van der Waals surface area contributed by atoms with Gasteiger partial charge in [0.05, 0.1) is 0 Å². The molecule has 0 amide bonds. The fourth-order valence-corrected chi connectivity index (χ4v) is 1.50. The second-order valence-electron chi connectivity index (χ2n) is 3.87. The molecule has 1 rings (SSSR count). The Morgan fingerprint density at radius 1 is 1.64 bits per heavy atom. The van der Waals surface area contributed by atoms with Gasteiger partial charge in [0, 0.05) is 12.4 Å². The van der Waals surface area contributed by atoms with E-state index in [-0.39, 0.29) is 0 Å². The van der Waals surface area contributed by atoms with Crippen molar-refractivity contribution in [2.45, 2.75) is 33.2 Å². The minimum absolute atomic E-state index is 0.359. The molecule has 4 nitrogen and oxygen atoms in total. The highest BCUT2D eigenvalue weighted by atomic mass is 16.4. The van der Waals surface area contributed by atoms with Crippen molar-refractivity contribution in [2.75, 3.05) is 0 Å². The van der Waals surface area contributed by atoms with Gasteiger partial charge in [-0.05, 0) is 19.3 Å². The number of carbonyl (C=O) groups is 1. The summed E-state index contributed by atoms with van der Waals surface area (Å²) in [7, 11) is 0. The number of hydrogen-bond acceptors (Lipinski definition) is 2. The summed E-state index contributed by atoms with van der Waals surface area (Å²) in [5, 5.41) is 9.07.